The van der Waals surface area contributed by atoms with Crippen LogP contribution in [0.4, 0.5) is 4.39 Å². The first-order chi connectivity index (χ1) is 8.95. The van der Waals surface area contributed by atoms with E-state index in [0.29, 0.717) is 0 Å². The highest BCUT2D eigenvalue weighted by atomic mass is 19.1. The number of aliphatic hydroxyl groups is 2. The summed E-state index contributed by atoms with van der Waals surface area (Å²) in [5, 5.41) is 31.2. The van der Waals surface area contributed by atoms with Crippen molar-refractivity contribution in [3.8, 4) is 0 Å². The molecule has 0 aliphatic carbocycles. The number of halogens is 1. The lowest BCUT2D eigenvalue weighted by molar-refractivity contribution is -0.136. The molecule has 0 aromatic heterocycles. The molecule has 0 fully saturated rings. The van der Waals surface area contributed by atoms with Crippen molar-refractivity contribution in [2.45, 2.75) is 18.6 Å². The minimum absolute atomic E-state index is 0.0389. The molecule has 1 rings (SSSR count). The zero-order valence-corrected chi connectivity index (χ0v) is 9.77. The Kier molecular flexibility index (Phi) is 5.25. The second kappa shape index (κ2) is 6.69. The lowest BCUT2D eigenvalue weighted by atomic mass is 9.96. The molecule has 0 bridgehead atoms. The second-order valence-corrected chi connectivity index (χ2v) is 3.84. The van der Waals surface area contributed by atoms with Gasteiger partial charge in [0.2, 0.25) is 0 Å². The van der Waals surface area contributed by atoms with Crippen LogP contribution >= 0.6 is 0 Å². The second-order valence-electron chi connectivity index (χ2n) is 3.84. The van der Waals surface area contributed by atoms with E-state index >= 15 is 0 Å². The van der Waals surface area contributed by atoms with Gasteiger partial charge in [-0.25, -0.2) is 4.39 Å². The summed E-state index contributed by atoms with van der Waals surface area (Å²) < 4.78 is 13.1. The normalized spacial score (nSPS) is 13.4. The number of hydrogen-bond donors (Lipinski definition) is 3. The van der Waals surface area contributed by atoms with Crippen LogP contribution < -0.4 is 0 Å². The Hall–Kier alpha value is -2.15. The molecule has 0 saturated heterocycles. The molecule has 7 nitrogen and oxygen atoms in total. The maximum Gasteiger partial charge on any atom is 0.307 e. The number of carboxylic acids is 1. The van der Waals surface area contributed by atoms with Gasteiger partial charge in [-0.2, -0.15) is 0 Å². The predicted molar refractivity (Wildman–Crippen MR) is 62.7 cm³/mol. The standard InChI is InChI=1S/C11H12FN3O4/c12-7-2-1-6(3-10(17)18)8(4-7)11(19)9(16)5-14-15-13/h1-2,4,9,11,16,19H,3,5H2,(H,17,18). The van der Waals surface area contributed by atoms with Crippen LogP contribution in [-0.4, -0.2) is 33.9 Å². The summed E-state index contributed by atoms with van der Waals surface area (Å²) in [6, 6.07) is 3.23. The van der Waals surface area contributed by atoms with Gasteiger partial charge in [0.15, 0.2) is 0 Å². The molecule has 1 aromatic rings. The van der Waals surface area contributed by atoms with E-state index in [1.807, 2.05) is 0 Å². The third-order valence-corrected chi connectivity index (χ3v) is 2.46. The number of aliphatic carboxylic acids is 1. The van der Waals surface area contributed by atoms with E-state index in [-0.39, 0.29) is 11.1 Å². The van der Waals surface area contributed by atoms with E-state index in [0.717, 1.165) is 12.1 Å². The molecule has 3 N–H and O–H groups in total. The van der Waals surface area contributed by atoms with Crippen LogP contribution in [-0.2, 0) is 11.2 Å². The Labute approximate surface area is 107 Å². The van der Waals surface area contributed by atoms with Gasteiger partial charge < -0.3 is 15.3 Å². The maximum absolute atomic E-state index is 13.1. The molecule has 0 aliphatic heterocycles. The largest absolute Gasteiger partial charge is 0.481 e. The summed E-state index contributed by atoms with van der Waals surface area (Å²) >= 11 is 0. The molecular formula is C11H12FN3O4. The monoisotopic (exact) mass is 269 g/mol. The van der Waals surface area contributed by atoms with Gasteiger partial charge in [-0.3, -0.25) is 4.79 Å². The van der Waals surface area contributed by atoms with Gasteiger partial charge in [0.25, 0.3) is 0 Å². The summed E-state index contributed by atoms with van der Waals surface area (Å²) in [5.74, 6) is -1.82. The smallest absolute Gasteiger partial charge is 0.307 e. The van der Waals surface area contributed by atoms with Crippen molar-refractivity contribution in [3.05, 3.63) is 45.6 Å². The third-order valence-electron chi connectivity index (χ3n) is 2.46. The summed E-state index contributed by atoms with van der Waals surface area (Å²) in [5.41, 5.74) is 8.26. The Morgan fingerprint density at radius 3 is 2.74 bits per heavy atom. The first kappa shape index (κ1) is 14.9. The number of aliphatic hydroxyl groups excluding tert-OH is 2. The average Bonchev–Trinajstić information content (AvgIpc) is 2.36. The van der Waals surface area contributed by atoms with E-state index in [1.54, 1.807) is 0 Å². The summed E-state index contributed by atoms with van der Waals surface area (Å²) in [4.78, 5) is 13.1. The Bertz CT molecular complexity index is 517. The van der Waals surface area contributed by atoms with E-state index in [1.165, 1.54) is 6.07 Å². The number of rotatable bonds is 6. The highest BCUT2D eigenvalue weighted by Gasteiger charge is 2.22. The summed E-state index contributed by atoms with van der Waals surface area (Å²) in [7, 11) is 0. The SMILES string of the molecule is [N-]=[N+]=NCC(O)C(O)c1cc(F)ccc1CC(=O)O. The van der Waals surface area contributed by atoms with E-state index in [4.69, 9.17) is 10.6 Å². The molecule has 19 heavy (non-hydrogen) atoms. The highest BCUT2D eigenvalue weighted by Crippen LogP contribution is 2.23. The molecule has 1 aromatic carbocycles. The maximum atomic E-state index is 13.1. The fourth-order valence-corrected chi connectivity index (χ4v) is 1.59. The van der Waals surface area contributed by atoms with E-state index in [2.05, 4.69) is 10.0 Å². The van der Waals surface area contributed by atoms with Crippen molar-refractivity contribution < 1.29 is 24.5 Å². The van der Waals surface area contributed by atoms with Gasteiger partial charge in [0.05, 0.1) is 19.1 Å². The van der Waals surface area contributed by atoms with Crippen LogP contribution in [0.15, 0.2) is 23.3 Å². The van der Waals surface area contributed by atoms with Gasteiger partial charge in [0.1, 0.15) is 11.9 Å². The van der Waals surface area contributed by atoms with Gasteiger partial charge >= 0.3 is 5.97 Å². The molecule has 0 saturated carbocycles. The van der Waals surface area contributed by atoms with Crippen LogP contribution in [0.2, 0.25) is 0 Å². The van der Waals surface area contributed by atoms with Crippen LogP contribution in [0.25, 0.3) is 10.4 Å². The van der Waals surface area contributed by atoms with Gasteiger partial charge in [-0.15, -0.1) is 0 Å². The van der Waals surface area contributed by atoms with Crippen molar-refractivity contribution >= 4 is 5.97 Å². The molecule has 0 radical (unpaired) electrons. The lowest BCUT2D eigenvalue weighted by Crippen LogP contribution is -2.23. The number of carbonyl (C=O) groups is 1. The van der Waals surface area contributed by atoms with Gasteiger partial charge in [-0.05, 0) is 28.8 Å². The van der Waals surface area contributed by atoms with Crippen LogP contribution in [0.5, 0.6) is 0 Å². The first-order valence-corrected chi connectivity index (χ1v) is 5.32. The van der Waals surface area contributed by atoms with Crippen LogP contribution in [0.3, 0.4) is 0 Å². The molecule has 0 heterocycles. The first-order valence-electron chi connectivity index (χ1n) is 5.32. The minimum atomic E-state index is -1.53. The van der Waals surface area contributed by atoms with Crippen molar-refractivity contribution in [2.24, 2.45) is 5.11 Å². The number of hydrogen-bond acceptors (Lipinski definition) is 4. The highest BCUT2D eigenvalue weighted by molar-refractivity contribution is 5.70. The van der Waals surface area contributed by atoms with E-state index < -0.39 is 37.0 Å². The van der Waals surface area contributed by atoms with Gasteiger partial charge in [-0.1, -0.05) is 11.2 Å². The molecule has 8 heteroatoms. The van der Waals surface area contributed by atoms with Crippen molar-refractivity contribution in [3.63, 3.8) is 0 Å². The zero-order chi connectivity index (χ0) is 14.4. The fourth-order valence-electron chi connectivity index (χ4n) is 1.59. The average molecular weight is 269 g/mol. The number of benzene rings is 1. The Balaban J connectivity index is 3.05. The molecule has 2 atom stereocenters. The molecular weight excluding hydrogens is 257 g/mol. The number of nitrogens with zero attached hydrogens (tertiary/aromatic N) is 3. The number of azide groups is 1. The third kappa shape index (κ3) is 4.22. The minimum Gasteiger partial charge on any atom is -0.481 e. The summed E-state index contributed by atoms with van der Waals surface area (Å²) in [6.45, 7) is -0.402. The Morgan fingerprint density at radius 1 is 1.47 bits per heavy atom. The van der Waals surface area contributed by atoms with Crippen molar-refractivity contribution in [2.75, 3.05) is 6.54 Å². The fraction of sp³-hybridized carbons (Fsp3) is 0.364. The molecule has 0 aliphatic rings. The quantitative estimate of drug-likeness (QED) is 0.406. The molecule has 2 unspecified atom stereocenters. The number of carboxylic acid groups (broad SMARTS) is 1. The molecule has 102 valence electrons. The van der Waals surface area contributed by atoms with Crippen molar-refractivity contribution in [1.29, 1.82) is 0 Å². The summed E-state index contributed by atoms with van der Waals surface area (Å²) in [6.07, 6.45) is -3.39. The van der Waals surface area contributed by atoms with E-state index in [9.17, 15) is 19.4 Å². The van der Waals surface area contributed by atoms with Crippen molar-refractivity contribution in [1.82, 2.24) is 0 Å². The Morgan fingerprint density at radius 2 is 2.16 bits per heavy atom. The molecule has 0 spiro atoms. The predicted octanol–water partition coefficient (Wildman–Crippen LogP) is 1.16. The zero-order valence-electron chi connectivity index (χ0n) is 9.77. The topological polar surface area (TPSA) is 127 Å². The molecule has 0 amide bonds. The lowest BCUT2D eigenvalue weighted by Gasteiger charge is -2.19. The van der Waals surface area contributed by atoms with Crippen LogP contribution in [0, 0.1) is 5.82 Å². The van der Waals surface area contributed by atoms with Gasteiger partial charge in [0, 0.05) is 4.91 Å². The van der Waals surface area contributed by atoms with Crippen LogP contribution in [0.1, 0.15) is 17.2 Å².